The number of quaternary nitrogens is 1. The molecule has 0 spiro atoms. The van der Waals surface area contributed by atoms with Crippen molar-refractivity contribution in [3.05, 3.63) is 30.3 Å². The Morgan fingerprint density at radius 2 is 1.38 bits per heavy atom. The van der Waals surface area contributed by atoms with Crippen LogP contribution in [0.5, 0.6) is 0 Å². The molecule has 5 heteroatoms. The predicted octanol–water partition coefficient (Wildman–Crippen LogP) is 4.50. The van der Waals surface area contributed by atoms with Crippen LogP contribution in [-0.4, -0.2) is 24.3 Å². The largest absolute Gasteiger partial charge is 0.748 e. The van der Waals surface area contributed by atoms with Crippen molar-refractivity contribution >= 4 is 15.8 Å². The van der Waals surface area contributed by atoms with Crippen LogP contribution in [0.4, 0.5) is 5.69 Å². The van der Waals surface area contributed by atoms with Gasteiger partial charge in [-0.2, -0.15) is 0 Å². The maximum atomic E-state index is 11.3. The normalized spacial score (nSPS) is 12.4. The number of hydrogen-bond donors (Lipinski definition) is 1. The Bertz CT molecular complexity index is 560. The Morgan fingerprint density at radius 3 is 1.85 bits per heavy atom. The average Bonchev–Trinajstić information content (AvgIpc) is 2.61. The second-order valence-electron chi connectivity index (χ2n) is 7.55. The number of hydrogen-bond acceptors (Lipinski definition) is 3. The van der Waals surface area contributed by atoms with Crippen molar-refractivity contribution in [1.29, 1.82) is 0 Å². The van der Waals surface area contributed by atoms with Crippen molar-refractivity contribution < 1.29 is 18.3 Å². The molecule has 150 valence electrons. The molecule has 26 heavy (non-hydrogen) atoms. The standard InChI is InChI=1S/C21H37NO3S/c1-3-5-7-12-16-21(17-13-8-6-4-2,18-19-26(23,24)25)22-20-14-10-9-11-15-20/h9-11,14-15,22H,3-8,12-13,16-19H2,1-2H3,(H,23,24,25). The fraction of sp³-hybridized carbons (Fsp3) is 0.714. The van der Waals surface area contributed by atoms with Crippen LogP contribution in [0.25, 0.3) is 0 Å². The molecule has 0 bridgehead atoms. The van der Waals surface area contributed by atoms with E-state index in [9.17, 15) is 13.0 Å². The molecule has 0 amide bonds. The molecule has 0 aliphatic rings. The third-order valence-electron chi connectivity index (χ3n) is 5.18. The maximum absolute atomic E-state index is 11.3. The lowest BCUT2D eigenvalue weighted by Gasteiger charge is -2.32. The molecule has 0 radical (unpaired) electrons. The molecule has 1 rings (SSSR count). The van der Waals surface area contributed by atoms with E-state index >= 15 is 0 Å². The van der Waals surface area contributed by atoms with Crippen molar-refractivity contribution in [2.45, 2.75) is 90.0 Å². The van der Waals surface area contributed by atoms with Crippen LogP contribution in [0.2, 0.25) is 0 Å². The lowest BCUT2D eigenvalue weighted by atomic mass is 9.83. The quantitative estimate of drug-likeness (QED) is 0.275. The summed E-state index contributed by atoms with van der Waals surface area (Å²) < 4.78 is 33.9. The van der Waals surface area contributed by atoms with Gasteiger partial charge < -0.3 is 9.87 Å². The van der Waals surface area contributed by atoms with E-state index in [1.165, 1.54) is 38.5 Å². The van der Waals surface area contributed by atoms with Crippen LogP contribution >= 0.6 is 0 Å². The van der Waals surface area contributed by atoms with Crippen molar-refractivity contribution in [3.63, 3.8) is 0 Å². The molecule has 0 fully saturated rings. The fourth-order valence-electron chi connectivity index (χ4n) is 3.63. The molecule has 1 aromatic carbocycles. The molecule has 1 aromatic rings. The summed E-state index contributed by atoms with van der Waals surface area (Å²) in [5.74, 6) is -0.266. The molecule has 0 aromatic heterocycles. The highest BCUT2D eigenvalue weighted by atomic mass is 32.2. The summed E-state index contributed by atoms with van der Waals surface area (Å²) in [4.78, 5) is 0. The SMILES string of the molecule is CCCCCCC(CCCCCC)(CCS(=O)(=O)[O-])[NH2+]c1ccccc1. The van der Waals surface area contributed by atoms with E-state index in [2.05, 4.69) is 31.3 Å². The summed E-state index contributed by atoms with van der Waals surface area (Å²) in [6.07, 6.45) is 11.6. The van der Waals surface area contributed by atoms with Gasteiger partial charge in [0, 0.05) is 25.0 Å². The zero-order valence-electron chi connectivity index (χ0n) is 16.6. The minimum absolute atomic E-state index is 0.194. The Kier molecular flexibility index (Phi) is 11.1. The van der Waals surface area contributed by atoms with E-state index in [0.29, 0.717) is 6.42 Å². The van der Waals surface area contributed by atoms with Crippen LogP contribution in [0.1, 0.15) is 84.5 Å². The summed E-state index contributed by atoms with van der Waals surface area (Å²) in [5, 5.41) is 2.25. The third kappa shape index (κ3) is 10.3. The van der Waals surface area contributed by atoms with E-state index in [1.54, 1.807) is 0 Å². The van der Waals surface area contributed by atoms with E-state index in [4.69, 9.17) is 0 Å². The van der Waals surface area contributed by atoms with Gasteiger partial charge in [-0.15, -0.1) is 0 Å². The maximum Gasteiger partial charge on any atom is 0.129 e. The van der Waals surface area contributed by atoms with Crippen LogP contribution in [0.15, 0.2) is 30.3 Å². The first-order valence-electron chi connectivity index (χ1n) is 10.3. The van der Waals surface area contributed by atoms with Crippen molar-refractivity contribution in [3.8, 4) is 0 Å². The van der Waals surface area contributed by atoms with Gasteiger partial charge >= 0.3 is 0 Å². The molecule has 0 heterocycles. The van der Waals surface area contributed by atoms with Crippen molar-refractivity contribution in [1.82, 2.24) is 0 Å². The summed E-state index contributed by atoms with van der Waals surface area (Å²) >= 11 is 0. The predicted molar refractivity (Wildman–Crippen MR) is 107 cm³/mol. The molecular formula is C21H37NO3S. The number of nitrogens with two attached hydrogens (primary N) is 1. The average molecular weight is 384 g/mol. The van der Waals surface area contributed by atoms with Gasteiger partial charge in [-0.1, -0.05) is 70.6 Å². The van der Waals surface area contributed by atoms with Gasteiger partial charge in [-0.05, 0) is 25.0 Å². The Balaban J connectivity index is 2.90. The monoisotopic (exact) mass is 383 g/mol. The highest BCUT2D eigenvalue weighted by Crippen LogP contribution is 2.25. The second kappa shape index (κ2) is 12.5. The van der Waals surface area contributed by atoms with Gasteiger partial charge in [-0.3, -0.25) is 0 Å². The number of unbranched alkanes of at least 4 members (excludes halogenated alkanes) is 6. The first-order chi connectivity index (χ1) is 12.4. The van der Waals surface area contributed by atoms with Gasteiger partial charge in [0.05, 0.1) is 10.1 Å². The van der Waals surface area contributed by atoms with E-state index in [0.717, 1.165) is 31.4 Å². The molecule has 0 unspecified atom stereocenters. The van der Waals surface area contributed by atoms with Gasteiger partial charge in [0.15, 0.2) is 0 Å². The second-order valence-corrected chi connectivity index (χ2v) is 9.07. The minimum Gasteiger partial charge on any atom is -0.748 e. The topological polar surface area (TPSA) is 73.8 Å². The molecule has 0 saturated carbocycles. The smallest absolute Gasteiger partial charge is 0.129 e. The zero-order chi connectivity index (χ0) is 19.3. The Hall–Kier alpha value is -0.910. The highest BCUT2D eigenvalue weighted by molar-refractivity contribution is 7.85. The zero-order valence-corrected chi connectivity index (χ0v) is 17.4. The summed E-state index contributed by atoms with van der Waals surface area (Å²) in [7, 11) is -4.19. The molecule has 2 N–H and O–H groups in total. The third-order valence-corrected chi connectivity index (χ3v) is 5.88. The summed E-state index contributed by atoms with van der Waals surface area (Å²) in [6.45, 7) is 4.39. The van der Waals surface area contributed by atoms with Gasteiger partial charge in [0.2, 0.25) is 0 Å². The van der Waals surface area contributed by atoms with Crippen LogP contribution in [0.3, 0.4) is 0 Å². The number of benzene rings is 1. The first-order valence-corrected chi connectivity index (χ1v) is 11.8. The van der Waals surface area contributed by atoms with Crippen LogP contribution < -0.4 is 5.32 Å². The van der Waals surface area contributed by atoms with Gasteiger partial charge in [0.25, 0.3) is 0 Å². The highest BCUT2D eigenvalue weighted by Gasteiger charge is 2.33. The molecule has 0 atom stereocenters. The number of rotatable bonds is 15. The summed E-state index contributed by atoms with van der Waals surface area (Å²) in [5.41, 5.74) is 0.933. The Labute approximate surface area is 160 Å². The molecule has 0 aliphatic heterocycles. The lowest BCUT2D eigenvalue weighted by molar-refractivity contribution is -0.658. The summed E-state index contributed by atoms with van der Waals surface area (Å²) in [6, 6.07) is 10.1. The van der Waals surface area contributed by atoms with E-state index in [1.807, 2.05) is 18.2 Å². The first kappa shape index (κ1) is 23.1. The lowest BCUT2D eigenvalue weighted by Crippen LogP contribution is -2.92. The van der Waals surface area contributed by atoms with Crippen LogP contribution in [-0.2, 0) is 10.1 Å². The fourth-order valence-corrected chi connectivity index (χ4v) is 4.29. The molecule has 4 nitrogen and oxygen atoms in total. The van der Waals surface area contributed by atoms with Crippen molar-refractivity contribution in [2.75, 3.05) is 5.75 Å². The van der Waals surface area contributed by atoms with E-state index < -0.39 is 10.1 Å². The molecule has 0 aliphatic carbocycles. The van der Waals surface area contributed by atoms with Gasteiger partial charge in [0.1, 0.15) is 11.2 Å². The molecular weight excluding hydrogens is 346 g/mol. The van der Waals surface area contributed by atoms with Crippen LogP contribution in [0, 0.1) is 0 Å². The Morgan fingerprint density at radius 1 is 0.846 bits per heavy atom. The number of para-hydroxylation sites is 1. The van der Waals surface area contributed by atoms with Gasteiger partial charge in [-0.25, -0.2) is 8.42 Å². The van der Waals surface area contributed by atoms with Crippen molar-refractivity contribution in [2.24, 2.45) is 0 Å². The van der Waals surface area contributed by atoms with E-state index in [-0.39, 0.29) is 11.3 Å². The molecule has 0 saturated heterocycles. The minimum atomic E-state index is -4.19.